The van der Waals surface area contributed by atoms with Crippen molar-refractivity contribution in [1.82, 2.24) is 19.8 Å². The lowest BCUT2D eigenvalue weighted by molar-refractivity contribution is -0.0584. The number of imide groups is 1. The Hall–Kier alpha value is -3.81. The van der Waals surface area contributed by atoms with Gasteiger partial charge in [-0.2, -0.15) is 5.10 Å². The van der Waals surface area contributed by atoms with E-state index < -0.39 is 17.8 Å². The summed E-state index contributed by atoms with van der Waals surface area (Å²) >= 11 is 0. The van der Waals surface area contributed by atoms with Gasteiger partial charge in [-0.1, -0.05) is 17.2 Å². The van der Waals surface area contributed by atoms with Gasteiger partial charge >= 0.3 is 5.97 Å². The lowest BCUT2D eigenvalue weighted by Crippen LogP contribution is -2.32. The molecule has 2 aromatic heterocycles. The van der Waals surface area contributed by atoms with Crippen LogP contribution in [0.3, 0.4) is 0 Å². The third-order valence-electron chi connectivity index (χ3n) is 3.94. The summed E-state index contributed by atoms with van der Waals surface area (Å²) in [6, 6.07) is 9.37. The topological polar surface area (TPSA) is 94.4 Å². The summed E-state index contributed by atoms with van der Waals surface area (Å²) in [6.45, 7) is 0. The average molecular weight is 348 g/mol. The molecule has 8 heteroatoms. The van der Waals surface area contributed by atoms with E-state index in [9.17, 15) is 14.4 Å². The van der Waals surface area contributed by atoms with Crippen molar-refractivity contribution in [2.75, 3.05) is 0 Å². The van der Waals surface area contributed by atoms with Crippen molar-refractivity contribution >= 4 is 17.8 Å². The Morgan fingerprint density at radius 3 is 2.35 bits per heavy atom. The van der Waals surface area contributed by atoms with Crippen LogP contribution in [0.25, 0.3) is 11.3 Å². The van der Waals surface area contributed by atoms with E-state index >= 15 is 0 Å². The molecular formula is C18H12N4O4. The monoisotopic (exact) mass is 348 g/mol. The number of hydrogen-bond acceptors (Lipinski definition) is 6. The third kappa shape index (κ3) is 2.44. The molecule has 128 valence electrons. The maximum Gasteiger partial charge on any atom is 0.366 e. The van der Waals surface area contributed by atoms with Crippen molar-refractivity contribution in [3.63, 3.8) is 0 Å². The number of rotatable bonds is 3. The number of amides is 2. The molecule has 0 N–H and O–H groups in total. The van der Waals surface area contributed by atoms with E-state index in [1.165, 1.54) is 24.4 Å². The molecule has 26 heavy (non-hydrogen) atoms. The highest BCUT2D eigenvalue weighted by molar-refractivity contribution is 6.21. The number of carbonyl (C=O) groups is 3. The SMILES string of the molecule is Cn1cc(-c2ncccc2C(=O)ON2C(=O)c3ccccc3C2=O)cn1. The quantitative estimate of drug-likeness (QED) is 0.671. The van der Waals surface area contributed by atoms with Gasteiger partial charge in [-0.25, -0.2) is 4.79 Å². The van der Waals surface area contributed by atoms with E-state index in [0.29, 0.717) is 16.3 Å². The summed E-state index contributed by atoms with van der Waals surface area (Å²) in [5.74, 6) is -2.21. The van der Waals surface area contributed by atoms with Crippen LogP contribution in [0.5, 0.6) is 0 Å². The molecule has 3 heterocycles. The summed E-state index contributed by atoms with van der Waals surface area (Å²) < 4.78 is 1.57. The number of aryl methyl sites for hydroxylation is 1. The maximum atomic E-state index is 12.6. The number of aromatic nitrogens is 3. The van der Waals surface area contributed by atoms with Gasteiger partial charge in [0.1, 0.15) is 0 Å². The molecule has 4 rings (SSSR count). The Bertz CT molecular complexity index is 1020. The Labute approximate surface area is 147 Å². The number of hydroxylamine groups is 2. The van der Waals surface area contributed by atoms with Crippen LogP contribution < -0.4 is 0 Å². The molecule has 8 nitrogen and oxygen atoms in total. The maximum absolute atomic E-state index is 12.6. The molecular weight excluding hydrogens is 336 g/mol. The van der Waals surface area contributed by atoms with Gasteiger partial charge in [0.25, 0.3) is 11.8 Å². The van der Waals surface area contributed by atoms with Crippen LogP contribution >= 0.6 is 0 Å². The van der Waals surface area contributed by atoms with Crippen molar-refractivity contribution in [1.29, 1.82) is 0 Å². The minimum Gasteiger partial charge on any atom is -0.324 e. The van der Waals surface area contributed by atoms with Gasteiger partial charge in [0, 0.05) is 25.0 Å². The van der Waals surface area contributed by atoms with Crippen LogP contribution in [0.2, 0.25) is 0 Å². The highest BCUT2D eigenvalue weighted by Gasteiger charge is 2.39. The molecule has 0 bridgehead atoms. The van der Waals surface area contributed by atoms with Crippen molar-refractivity contribution in [2.45, 2.75) is 0 Å². The predicted octanol–water partition coefficient (Wildman–Crippen LogP) is 1.85. The van der Waals surface area contributed by atoms with E-state index in [2.05, 4.69) is 10.1 Å². The summed E-state index contributed by atoms with van der Waals surface area (Å²) in [4.78, 5) is 46.6. The second-order valence-electron chi connectivity index (χ2n) is 5.63. The number of hydrogen-bond donors (Lipinski definition) is 0. The molecule has 0 atom stereocenters. The van der Waals surface area contributed by atoms with Crippen LogP contribution in [0, 0.1) is 0 Å². The first-order chi connectivity index (χ1) is 12.6. The number of fused-ring (bicyclic) bond motifs is 1. The van der Waals surface area contributed by atoms with Gasteiger partial charge in [0.15, 0.2) is 0 Å². The van der Waals surface area contributed by atoms with E-state index in [4.69, 9.17) is 4.84 Å². The van der Waals surface area contributed by atoms with Crippen molar-refractivity contribution in [3.05, 3.63) is 71.7 Å². The highest BCUT2D eigenvalue weighted by atomic mass is 16.7. The largest absolute Gasteiger partial charge is 0.366 e. The predicted molar refractivity (Wildman–Crippen MR) is 88.8 cm³/mol. The summed E-state index contributed by atoms with van der Waals surface area (Å²) in [7, 11) is 1.74. The zero-order valence-corrected chi connectivity index (χ0v) is 13.6. The van der Waals surface area contributed by atoms with Crippen LogP contribution in [0.1, 0.15) is 31.1 Å². The minimum atomic E-state index is -0.855. The normalized spacial score (nSPS) is 13.0. The first kappa shape index (κ1) is 15.7. The zero-order valence-electron chi connectivity index (χ0n) is 13.6. The second-order valence-corrected chi connectivity index (χ2v) is 5.63. The lowest BCUT2D eigenvalue weighted by Gasteiger charge is -2.13. The fraction of sp³-hybridized carbons (Fsp3) is 0.0556. The molecule has 0 saturated carbocycles. The van der Waals surface area contributed by atoms with E-state index in [0.717, 1.165) is 0 Å². The molecule has 0 fully saturated rings. The Morgan fingerprint density at radius 1 is 1.04 bits per heavy atom. The molecule has 1 aliphatic heterocycles. The molecule has 0 saturated heterocycles. The lowest BCUT2D eigenvalue weighted by atomic mass is 10.1. The Kier molecular flexibility index (Phi) is 3.58. The zero-order chi connectivity index (χ0) is 18.3. The molecule has 0 unspecified atom stereocenters. The molecule has 1 aliphatic rings. The van der Waals surface area contributed by atoms with Crippen molar-refractivity contribution < 1.29 is 19.2 Å². The minimum absolute atomic E-state index is 0.122. The first-order valence-corrected chi connectivity index (χ1v) is 7.70. The molecule has 1 aromatic carbocycles. The Morgan fingerprint density at radius 2 is 1.73 bits per heavy atom. The van der Waals surface area contributed by atoms with Gasteiger partial charge < -0.3 is 4.84 Å². The average Bonchev–Trinajstić information content (AvgIpc) is 3.19. The van der Waals surface area contributed by atoms with Crippen LogP contribution in [0.15, 0.2) is 55.0 Å². The molecule has 0 spiro atoms. The summed E-state index contributed by atoms with van der Waals surface area (Å²) in [6.07, 6.45) is 4.78. The standard InChI is InChI=1S/C18H12N4O4/c1-21-10-11(9-20-21)15-14(7-4-8-19-15)18(25)26-22-16(23)12-5-2-3-6-13(12)17(22)24/h2-10H,1H3. The molecule has 3 aromatic rings. The van der Waals surface area contributed by atoms with Crippen molar-refractivity contribution in [2.24, 2.45) is 7.05 Å². The van der Waals surface area contributed by atoms with Crippen LogP contribution in [-0.2, 0) is 11.9 Å². The van der Waals surface area contributed by atoms with Gasteiger partial charge in [0.2, 0.25) is 0 Å². The highest BCUT2D eigenvalue weighted by Crippen LogP contribution is 2.25. The van der Waals surface area contributed by atoms with Crippen LogP contribution in [-0.4, -0.2) is 37.6 Å². The molecule has 2 amide bonds. The molecule has 0 aliphatic carbocycles. The second kappa shape index (κ2) is 5.92. The first-order valence-electron chi connectivity index (χ1n) is 7.70. The smallest absolute Gasteiger partial charge is 0.324 e. The van der Waals surface area contributed by atoms with Gasteiger partial charge in [-0.3, -0.25) is 19.3 Å². The third-order valence-corrected chi connectivity index (χ3v) is 3.94. The van der Waals surface area contributed by atoms with Gasteiger partial charge in [-0.15, -0.1) is 0 Å². The molecule has 0 radical (unpaired) electrons. The van der Waals surface area contributed by atoms with E-state index in [1.54, 1.807) is 42.3 Å². The van der Waals surface area contributed by atoms with Crippen molar-refractivity contribution in [3.8, 4) is 11.3 Å². The Balaban J connectivity index is 1.65. The fourth-order valence-corrected chi connectivity index (χ4v) is 2.73. The summed E-state index contributed by atoms with van der Waals surface area (Å²) in [5.41, 5.74) is 1.48. The number of pyridine rings is 1. The number of carbonyl (C=O) groups excluding carboxylic acids is 3. The fourth-order valence-electron chi connectivity index (χ4n) is 2.73. The summed E-state index contributed by atoms with van der Waals surface area (Å²) in [5, 5.41) is 4.53. The van der Waals surface area contributed by atoms with E-state index in [1.807, 2.05) is 0 Å². The number of benzene rings is 1. The van der Waals surface area contributed by atoms with Crippen LogP contribution in [0.4, 0.5) is 0 Å². The number of nitrogens with zero attached hydrogens (tertiary/aromatic N) is 4. The van der Waals surface area contributed by atoms with E-state index in [-0.39, 0.29) is 16.7 Å². The van der Waals surface area contributed by atoms with Gasteiger partial charge in [0.05, 0.1) is 28.6 Å². The van der Waals surface area contributed by atoms with Gasteiger partial charge in [-0.05, 0) is 24.3 Å².